The van der Waals surface area contributed by atoms with Crippen LogP contribution in [0, 0.1) is 5.92 Å². The van der Waals surface area contributed by atoms with E-state index in [4.69, 9.17) is 47.4 Å². The number of hydrogen-bond acceptors (Lipinski definition) is 32. The summed E-state index contributed by atoms with van der Waals surface area (Å²) in [5, 5.41) is 211. The molecular weight excluding hydrogens is 1590 g/mol. The molecular formula is C84H149N3O34. The lowest BCUT2D eigenvalue weighted by atomic mass is 9.86. The van der Waals surface area contributed by atoms with Crippen molar-refractivity contribution in [2.75, 3.05) is 39.6 Å². The van der Waals surface area contributed by atoms with Gasteiger partial charge in [-0.1, -0.05) is 212 Å². The maximum atomic E-state index is 14.2. The monoisotopic (exact) mass is 1740 g/mol. The fourth-order valence-electron chi connectivity index (χ4n) is 16.5. The number of Topliss-reactive ketones (excluding diaryl/α,β-unsaturated/α-hetero) is 1. The molecule has 0 saturated carbocycles. The number of aliphatic hydroxyl groups excluding tert-OH is 16. The van der Waals surface area contributed by atoms with Gasteiger partial charge in [-0.05, 0) is 26.2 Å². The maximum Gasteiger partial charge on any atom is 0.364 e. The molecule has 29 atom stereocenters. The molecule has 5 saturated heterocycles. The Hall–Kier alpha value is -4.28. The summed E-state index contributed by atoms with van der Waals surface area (Å²) in [6.45, 7) is 0.742. The summed E-state index contributed by atoms with van der Waals surface area (Å²) >= 11 is 0. The van der Waals surface area contributed by atoms with E-state index in [9.17, 15) is 121 Å². The summed E-state index contributed by atoms with van der Waals surface area (Å²) in [6.07, 6.45) is -12.6. The van der Waals surface area contributed by atoms with Gasteiger partial charge >= 0.3 is 11.9 Å². The first kappa shape index (κ1) is 107. The lowest BCUT2D eigenvalue weighted by molar-refractivity contribution is -0.404. The third-order valence-corrected chi connectivity index (χ3v) is 23.5. The Morgan fingerprint density at radius 3 is 1.36 bits per heavy atom. The highest BCUT2D eigenvalue weighted by molar-refractivity contribution is 5.78. The zero-order valence-electron chi connectivity index (χ0n) is 71.5. The van der Waals surface area contributed by atoms with Crippen LogP contribution in [0.25, 0.3) is 0 Å². The van der Waals surface area contributed by atoms with Gasteiger partial charge in [0.1, 0.15) is 103 Å². The van der Waals surface area contributed by atoms with E-state index >= 15 is 0 Å². The van der Waals surface area contributed by atoms with Crippen LogP contribution in [-0.2, 0) is 76.1 Å². The largest absolute Gasteiger partial charge is 0.477 e. The molecule has 37 nitrogen and oxygen atoms in total. The smallest absolute Gasteiger partial charge is 0.364 e. The number of carbonyl (C=O) groups excluding carboxylic acids is 4. The summed E-state index contributed by atoms with van der Waals surface area (Å²) in [5.41, 5.74) is 0. The number of ketones is 1. The average molecular weight is 1750 g/mol. The van der Waals surface area contributed by atoms with Crippen LogP contribution in [0.15, 0.2) is 12.2 Å². The standard InChI is InChI=1S/C84H149N3O34/c1-6-8-10-12-14-16-18-20-21-22-23-24-25-26-28-30-32-34-36-38-40-63(100)87-54(55(96)39-37-35-33-31-29-27-19-17-15-13-11-9-7-2)49-112-79-71(106)70(105)73(61(47-91)114-79)116-80-72(107)77(74(62(48-92)115-80)117-78-53(41-50(3)93)66(101)68(103)59(45-89)113-78)121-84(82(110)111)43-57(98)65(86-52(5)95)76(120-84)69(104)60(46-90)118-83(81(108)109)42-56(97)64(85-51(4)94)75(119-83)67(102)58(99)44-88/h37,39,53-62,64-80,88-92,96-99,101-107H,6-36,38,40-49H2,1-5H3,(H,85,94)(H,86,95)(H,87,100)(H,108,109)(H,110,111). The number of carbonyl (C=O) groups is 6. The van der Waals surface area contributed by atoms with Crippen LogP contribution in [0.1, 0.15) is 266 Å². The SMILES string of the molecule is CCCCCCCCCCCCCC=CC(O)C(COC1OC(CO)C(OC2OC(CO)C(OC3OC(CO)C(O)C(O)C3CC(C)=O)C(OC3(C(=O)O)CC(O)C(NC(C)=O)C(C(O)C(CO)OC4(C(=O)O)CC(O)C(NC(C)=O)C(C(O)C(O)CO)O4)O3)C2O)C(O)C1O)NC(=O)CCCCCCCCCCCCCCCCCCCCCC. The van der Waals surface area contributed by atoms with Crippen LogP contribution in [-0.4, -0.2) is 338 Å². The number of carboxylic acids is 2. The van der Waals surface area contributed by atoms with Gasteiger partial charge in [-0.2, -0.15) is 0 Å². The zero-order chi connectivity index (χ0) is 89.4. The Kier molecular flexibility index (Phi) is 50.4. The van der Waals surface area contributed by atoms with Crippen LogP contribution in [0.5, 0.6) is 0 Å². The van der Waals surface area contributed by atoms with Gasteiger partial charge in [0, 0.05) is 45.4 Å². The van der Waals surface area contributed by atoms with Crippen molar-refractivity contribution in [1.82, 2.24) is 16.0 Å². The summed E-state index contributed by atoms with van der Waals surface area (Å²) < 4.78 is 60.2. The molecule has 5 heterocycles. The molecule has 29 unspecified atom stereocenters. The molecule has 37 heteroatoms. The fourth-order valence-corrected chi connectivity index (χ4v) is 16.5. The lowest BCUT2D eigenvalue weighted by Crippen LogP contribution is -2.72. The van der Waals surface area contributed by atoms with Crippen molar-refractivity contribution in [2.45, 2.75) is 436 Å². The summed E-state index contributed by atoms with van der Waals surface area (Å²) in [6, 6.07) is -4.96. The number of nitrogens with one attached hydrogen (secondary N) is 3. The number of rotatable bonds is 62. The van der Waals surface area contributed by atoms with Crippen LogP contribution in [0.2, 0.25) is 0 Å². The predicted octanol–water partition coefficient (Wildman–Crippen LogP) is 1.35. The van der Waals surface area contributed by atoms with E-state index in [-0.39, 0.29) is 6.42 Å². The first-order valence-electron chi connectivity index (χ1n) is 44.4. The molecule has 5 aliphatic rings. The molecule has 0 bridgehead atoms. The van der Waals surface area contributed by atoms with Crippen molar-refractivity contribution in [3.05, 3.63) is 12.2 Å². The van der Waals surface area contributed by atoms with Crippen LogP contribution >= 0.6 is 0 Å². The topological polar surface area (TPSA) is 595 Å². The molecule has 0 aromatic heterocycles. The van der Waals surface area contributed by atoms with Crippen molar-refractivity contribution < 1.29 is 168 Å². The molecule has 0 radical (unpaired) electrons. The number of allylic oxidation sites excluding steroid dienone is 1. The van der Waals surface area contributed by atoms with Gasteiger partial charge in [0.05, 0.1) is 82.2 Å². The minimum absolute atomic E-state index is 0.116. The molecule has 5 fully saturated rings. The number of aliphatic carboxylic acids is 2. The van der Waals surface area contributed by atoms with Crippen molar-refractivity contribution >= 4 is 35.4 Å². The minimum atomic E-state index is -3.58. The lowest BCUT2D eigenvalue weighted by Gasteiger charge is -2.52. The third kappa shape index (κ3) is 34.0. The first-order chi connectivity index (χ1) is 57.8. The van der Waals surface area contributed by atoms with E-state index < -0.39 is 271 Å². The van der Waals surface area contributed by atoms with Gasteiger partial charge in [0.15, 0.2) is 18.9 Å². The van der Waals surface area contributed by atoms with Crippen molar-refractivity contribution in [2.24, 2.45) is 5.92 Å². The van der Waals surface area contributed by atoms with Crippen molar-refractivity contribution in [1.29, 1.82) is 0 Å². The highest BCUT2D eigenvalue weighted by atomic mass is 16.8. The second-order valence-electron chi connectivity index (χ2n) is 33.5. The number of carboxylic acid groups (broad SMARTS) is 2. The molecule has 0 aromatic carbocycles. The van der Waals surface area contributed by atoms with Crippen molar-refractivity contribution in [3.8, 4) is 0 Å². The third-order valence-electron chi connectivity index (χ3n) is 23.5. The van der Waals surface area contributed by atoms with E-state index in [1.807, 2.05) is 0 Å². The van der Waals surface area contributed by atoms with E-state index in [1.54, 1.807) is 6.08 Å². The molecule has 121 heavy (non-hydrogen) atoms. The number of hydrogen-bond donors (Lipinski definition) is 21. The number of amides is 3. The first-order valence-corrected chi connectivity index (χ1v) is 44.4. The average Bonchev–Trinajstić information content (AvgIpc) is 0.758. The van der Waals surface area contributed by atoms with Gasteiger partial charge < -0.3 is 160 Å². The highest BCUT2D eigenvalue weighted by Crippen LogP contribution is 2.43. The van der Waals surface area contributed by atoms with Gasteiger partial charge in [-0.15, -0.1) is 0 Å². The number of aliphatic hydroxyl groups is 16. The molecule has 0 aliphatic carbocycles. The summed E-state index contributed by atoms with van der Waals surface area (Å²) in [4.78, 5) is 79.3. The normalized spacial score (nSPS) is 32.5. The Morgan fingerprint density at radius 1 is 0.471 bits per heavy atom. The van der Waals surface area contributed by atoms with E-state index in [0.717, 1.165) is 85.0 Å². The number of ether oxygens (including phenoxy) is 10. The zero-order valence-corrected chi connectivity index (χ0v) is 71.5. The second-order valence-corrected chi connectivity index (χ2v) is 33.5. The minimum Gasteiger partial charge on any atom is -0.477 e. The molecule has 21 N–H and O–H groups in total. The van der Waals surface area contributed by atoms with Gasteiger partial charge in [0.25, 0.3) is 11.6 Å². The molecule has 5 aliphatic heterocycles. The number of unbranched alkanes of at least 4 members (excludes halogenated alkanes) is 30. The Bertz CT molecular complexity index is 2950. The Balaban J connectivity index is 1.40. The Morgan fingerprint density at radius 2 is 0.901 bits per heavy atom. The van der Waals surface area contributed by atoms with Gasteiger partial charge in [-0.3, -0.25) is 14.4 Å². The fraction of sp³-hybridized carbons (Fsp3) is 0.905. The van der Waals surface area contributed by atoms with Crippen molar-refractivity contribution in [3.63, 3.8) is 0 Å². The highest BCUT2D eigenvalue weighted by Gasteiger charge is 2.64. The molecule has 3 amide bonds. The van der Waals surface area contributed by atoms with Crippen LogP contribution < -0.4 is 16.0 Å². The van der Waals surface area contributed by atoms with Gasteiger partial charge in [-0.25, -0.2) is 9.59 Å². The summed E-state index contributed by atoms with van der Waals surface area (Å²) in [7, 11) is 0. The molecule has 5 rings (SSSR count). The van der Waals surface area contributed by atoms with Crippen LogP contribution in [0.4, 0.5) is 0 Å². The van der Waals surface area contributed by atoms with E-state index in [2.05, 4.69) is 29.8 Å². The quantitative estimate of drug-likeness (QED) is 0.0302. The molecule has 0 aromatic rings. The van der Waals surface area contributed by atoms with E-state index in [1.165, 1.54) is 134 Å². The maximum absolute atomic E-state index is 14.2. The summed E-state index contributed by atoms with van der Waals surface area (Å²) in [5.74, 6) is -15.9. The van der Waals surface area contributed by atoms with E-state index in [0.29, 0.717) is 12.8 Å². The van der Waals surface area contributed by atoms with Crippen LogP contribution in [0.3, 0.4) is 0 Å². The molecule has 704 valence electrons. The predicted molar refractivity (Wildman–Crippen MR) is 431 cm³/mol. The van der Waals surface area contributed by atoms with Gasteiger partial charge in [0.2, 0.25) is 17.7 Å². The second kappa shape index (κ2) is 56.8. The Labute approximate surface area is 710 Å². The molecule has 0 spiro atoms.